The summed E-state index contributed by atoms with van der Waals surface area (Å²) in [5, 5.41) is 1.37. The molecule has 5 heteroatoms. The molecule has 0 fully saturated rings. The van der Waals surface area contributed by atoms with Crippen molar-refractivity contribution >= 4 is 31.5 Å². The fourth-order valence-electron chi connectivity index (χ4n) is 2.26. The first-order chi connectivity index (χ1) is 10.4. The second-order valence-electron chi connectivity index (χ2n) is 7.88. The van der Waals surface area contributed by atoms with Crippen LogP contribution in [-0.4, -0.2) is 21.5 Å². The summed E-state index contributed by atoms with van der Waals surface area (Å²) in [4.78, 5) is 0. The maximum Gasteiger partial charge on any atom is 0.192 e. The molecule has 0 aromatic heterocycles. The van der Waals surface area contributed by atoms with Crippen LogP contribution < -0.4 is 0 Å². The summed E-state index contributed by atoms with van der Waals surface area (Å²) >= 11 is 12.8. The van der Waals surface area contributed by atoms with Crippen molar-refractivity contribution in [3.8, 4) is 0 Å². The van der Waals surface area contributed by atoms with E-state index in [1.165, 1.54) is 0 Å². The molecule has 0 radical (unpaired) electrons. The number of hydrogen-bond donors (Lipinski definition) is 0. The Balaban J connectivity index is 3.27. The van der Waals surface area contributed by atoms with Gasteiger partial charge >= 0.3 is 0 Å². The number of ether oxygens (including phenoxy) is 1. The Morgan fingerprint density at radius 1 is 1.04 bits per heavy atom. The van der Waals surface area contributed by atoms with Gasteiger partial charge in [0.1, 0.15) is 6.10 Å². The molecule has 0 amide bonds. The van der Waals surface area contributed by atoms with Gasteiger partial charge in [-0.05, 0) is 36.2 Å². The standard InChI is InChI=1S/C18H30Cl2O2Si/c1-12(2)16(22-23(7,8)18(3,4)5)17(21-6)15-13(19)10-9-11-14(15)20/h9-12,16-17H,1-8H3/t16?,17-/m0/s1. The zero-order valence-corrected chi connectivity index (χ0v) is 18.0. The summed E-state index contributed by atoms with van der Waals surface area (Å²) in [7, 11) is -0.254. The molecule has 0 saturated heterocycles. The number of methoxy groups -OCH3 is 1. The van der Waals surface area contributed by atoms with Gasteiger partial charge in [-0.15, -0.1) is 0 Å². The molecule has 1 aromatic carbocycles. The fourth-order valence-corrected chi connectivity index (χ4v) is 4.31. The van der Waals surface area contributed by atoms with E-state index in [0.717, 1.165) is 5.56 Å². The summed E-state index contributed by atoms with van der Waals surface area (Å²) in [5.41, 5.74) is 0.816. The maximum absolute atomic E-state index is 6.68. The van der Waals surface area contributed by atoms with Crippen LogP contribution in [0.4, 0.5) is 0 Å². The highest BCUT2D eigenvalue weighted by Crippen LogP contribution is 2.43. The van der Waals surface area contributed by atoms with Gasteiger partial charge < -0.3 is 9.16 Å². The van der Waals surface area contributed by atoms with Gasteiger partial charge in [0.25, 0.3) is 0 Å². The fraction of sp³-hybridized carbons (Fsp3) is 0.667. The predicted octanol–water partition coefficient (Wildman–Crippen LogP) is 6.73. The summed E-state index contributed by atoms with van der Waals surface area (Å²) in [6.07, 6.45) is -0.386. The third-order valence-corrected chi connectivity index (χ3v) is 9.86. The van der Waals surface area contributed by atoms with Gasteiger partial charge in [0.05, 0.1) is 6.10 Å². The molecule has 23 heavy (non-hydrogen) atoms. The highest BCUT2D eigenvalue weighted by Gasteiger charge is 2.42. The molecule has 0 aliphatic carbocycles. The Labute approximate surface area is 152 Å². The van der Waals surface area contributed by atoms with E-state index in [2.05, 4.69) is 47.7 Å². The topological polar surface area (TPSA) is 18.5 Å². The monoisotopic (exact) mass is 376 g/mol. The molecule has 1 unspecified atom stereocenters. The van der Waals surface area contributed by atoms with Crippen LogP contribution in [0, 0.1) is 5.92 Å². The molecule has 0 heterocycles. The molecular weight excluding hydrogens is 347 g/mol. The van der Waals surface area contributed by atoms with Crippen LogP contribution >= 0.6 is 23.2 Å². The Morgan fingerprint density at radius 3 is 1.87 bits per heavy atom. The quantitative estimate of drug-likeness (QED) is 0.512. The Hall–Kier alpha value is -0.0631. The molecule has 0 N–H and O–H groups in total. The van der Waals surface area contributed by atoms with Crippen LogP contribution in [0.15, 0.2) is 18.2 Å². The van der Waals surface area contributed by atoms with Crippen LogP contribution in [0.3, 0.4) is 0 Å². The molecule has 0 aliphatic rings. The lowest BCUT2D eigenvalue weighted by atomic mass is 9.96. The molecule has 0 saturated carbocycles. The highest BCUT2D eigenvalue weighted by atomic mass is 35.5. The summed E-state index contributed by atoms with van der Waals surface area (Å²) in [6, 6.07) is 5.54. The average Bonchev–Trinajstić information content (AvgIpc) is 2.39. The van der Waals surface area contributed by atoms with Crippen molar-refractivity contribution in [1.82, 2.24) is 0 Å². The van der Waals surface area contributed by atoms with E-state index >= 15 is 0 Å². The molecule has 0 bridgehead atoms. The van der Waals surface area contributed by atoms with Crippen molar-refractivity contribution in [2.24, 2.45) is 5.92 Å². The Morgan fingerprint density at radius 2 is 1.52 bits per heavy atom. The highest BCUT2D eigenvalue weighted by molar-refractivity contribution is 6.74. The van der Waals surface area contributed by atoms with E-state index in [1.807, 2.05) is 18.2 Å². The smallest absolute Gasteiger partial charge is 0.192 e. The van der Waals surface area contributed by atoms with Gasteiger partial charge in [-0.25, -0.2) is 0 Å². The maximum atomic E-state index is 6.68. The van der Waals surface area contributed by atoms with E-state index in [-0.39, 0.29) is 23.2 Å². The van der Waals surface area contributed by atoms with Gasteiger partial charge in [0.2, 0.25) is 0 Å². The molecule has 1 rings (SSSR count). The molecule has 132 valence electrons. The minimum atomic E-state index is -1.94. The molecule has 0 aliphatic heterocycles. The van der Waals surface area contributed by atoms with Crippen LogP contribution in [-0.2, 0) is 9.16 Å². The summed E-state index contributed by atoms with van der Waals surface area (Å²) in [6.45, 7) is 15.5. The lowest BCUT2D eigenvalue weighted by Crippen LogP contribution is -2.47. The molecular formula is C18H30Cl2O2Si. The minimum absolute atomic E-state index is 0.0988. The van der Waals surface area contributed by atoms with Crippen LogP contribution in [0.1, 0.15) is 46.3 Å². The lowest BCUT2D eigenvalue weighted by molar-refractivity contribution is -0.0284. The normalized spacial score (nSPS) is 15.8. The largest absolute Gasteiger partial charge is 0.411 e. The van der Waals surface area contributed by atoms with Crippen molar-refractivity contribution in [2.45, 2.75) is 65.0 Å². The SMILES string of the molecule is CO[C@@H](c1c(Cl)cccc1Cl)C(O[Si](C)(C)C(C)(C)C)C(C)C. The van der Waals surface area contributed by atoms with Crippen LogP contribution in [0.2, 0.25) is 28.2 Å². The molecule has 2 nitrogen and oxygen atoms in total. The number of rotatable bonds is 6. The second-order valence-corrected chi connectivity index (χ2v) is 13.4. The first kappa shape index (κ1) is 21.0. The summed E-state index contributed by atoms with van der Waals surface area (Å²) < 4.78 is 12.5. The van der Waals surface area contributed by atoms with Gasteiger partial charge in [-0.2, -0.15) is 0 Å². The van der Waals surface area contributed by atoms with Crippen LogP contribution in [0.5, 0.6) is 0 Å². The van der Waals surface area contributed by atoms with Crippen molar-refractivity contribution in [3.63, 3.8) is 0 Å². The molecule has 1 aromatic rings. The van der Waals surface area contributed by atoms with Crippen LogP contribution in [0.25, 0.3) is 0 Å². The Bertz CT molecular complexity index is 504. The van der Waals surface area contributed by atoms with Gasteiger partial charge in [-0.1, -0.05) is 63.9 Å². The first-order valence-corrected chi connectivity index (χ1v) is 11.7. The van der Waals surface area contributed by atoms with E-state index in [4.69, 9.17) is 32.4 Å². The average molecular weight is 377 g/mol. The van der Waals surface area contributed by atoms with E-state index < -0.39 is 8.32 Å². The van der Waals surface area contributed by atoms with Crippen molar-refractivity contribution < 1.29 is 9.16 Å². The third-order valence-electron chi connectivity index (χ3n) is 4.73. The van der Waals surface area contributed by atoms with Gasteiger partial charge in [0, 0.05) is 22.7 Å². The first-order valence-electron chi connectivity index (χ1n) is 8.07. The molecule has 0 spiro atoms. The zero-order chi connectivity index (χ0) is 18.0. The Kier molecular flexibility index (Phi) is 7.19. The van der Waals surface area contributed by atoms with E-state index in [0.29, 0.717) is 10.0 Å². The predicted molar refractivity (Wildman–Crippen MR) is 103 cm³/mol. The van der Waals surface area contributed by atoms with Crippen molar-refractivity contribution in [3.05, 3.63) is 33.8 Å². The number of benzene rings is 1. The summed E-state index contributed by atoms with van der Waals surface area (Å²) in [5.74, 6) is 0.279. The van der Waals surface area contributed by atoms with Crippen molar-refractivity contribution in [2.75, 3.05) is 7.11 Å². The number of halogens is 2. The zero-order valence-electron chi connectivity index (χ0n) is 15.5. The van der Waals surface area contributed by atoms with Crippen molar-refractivity contribution in [1.29, 1.82) is 0 Å². The number of hydrogen-bond acceptors (Lipinski definition) is 2. The second kappa shape index (κ2) is 7.88. The molecule has 2 atom stereocenters. The van der Waals surface area contributed by atoms with E-state index in [9.17, 15) is 0 Å². The minimum Gasteiger partial charge on any atom is -0.411 e. The van der Waals surface area contributed by atoms with E-state index in [1.54, 1.807) is 7.11 Å². The van der Waals surface area contributed by atoms with Gasteiger partial charge in [0.15, 0.2) is 8.32 Å². The lowest BCUT2D eigenvalue weighted by Gasteiger charge is -2.42. The third kappa shape index (κ3) is 4.96. The van der Waals surface area contributed by atoms with Gasteiger partial charge in [-0.3, -0.25) is 0 Å².